The monoisotopic (exact) mass is 860 g/mol. The van der Waals surface area contributed by atoms with Crippen LogP contribution < -0.4 is 9.64 Å². The van der Waals surface area contributed by atoms with Crippen molar-refractivity contribution < 1.29 is 44.2 Å². The lowest BCUT2D eigenvalue weighted by molar-refractivity contribution is -0.293. The number of hydrogen-bond acceptors (Lipinski definition) is 13. The maximum atomic E-state index is 13.5. The first-order chi connectivity index (χ1) is 29.2. The molecule has 0 radical (unpaired) electrons. The molecule has 1 aromatic heterocycles. The van der Waals surface area contributed by atoms with Crippen molar-refractivity contribution in [2.75, 3.05) is 72.3 Å². The summed E-state index contributed by atoms with van der Waals surface area (Å²) in [7, 11) is 6.49. The van der Waals surface area contributed by atoms with E-state index in [0.717, 1.165) is 57.0 Å². The predicted molar refractivity (Wildman–Crippen MR) is 234 cm³/mol. The number of nitrogens with zero attached hydrogens (tertiary/aromatic N) is 3. The summed E-state index contributed by atoms with van der Waals surface area (Å²) >= 11 is 1.69. The van der Waals surface area contributed by atoms with Gasteiger partial charge in [-0.25, -0.2) is 0 Å². The van der Waals surface area contributed by atoms with E-state index < -0.39 is 58.1 Å². The number of rotatable bonds is 10. The van der Waals surface area contributed by atoms with Gasteiger partial charge in [-0.3, -0.25) is 14.6 Å². The summed E-state index contributed by atoms with van der Waals surface area (Å²) in [6.45, 7) is 8.92. The van der Waals surface area contributed by atoms with Crippen LogP contribution in [0.1, 0.15) is 75.3 Å². The van der Waals surface area contributed by atoms with Crippen LogP contribution in [0.25, 0.3) is 10.9 Å². The molecule has 5 N–H and O–H groups in total. The zero-order valence-corrected chi connectivity index (χ0v) is 37.7. The Morgan fingerprint density at radius 3 is 2.44 bits per heavy atom. The summed E-state index contributed by atoms with van der Waals surface area (Å²) in [6, 6.07) is 9.64. The molecule has 0 amide bonds. The van der Waals surface area contributed by atoms with E-state index in [1.807, 2.05) is 24.9 Å². The number of methoxy groups -OCH3 is 3. The van der Waals surface area contributed by atoms with Crippen LogP contribution in [0.4, 0.5) is 5.69 Å². The lowest BCUT2D eigenvalue weighted by Crippen LogP contribution is -2.82. The highest BCUT2D eigenvalue weighted by Gasteiger charge is 2.79. The third-order valence-corrected chi connectivity index (χ3v) is 16.9. The molecule has 3 unspecified atom stereocenters. The zero-order chi connectivity index (χ0) is 43.4. The van der Waals surface area contributed by atoms with Crippen molar-refractivity contribution in [3.63, 3.8) is 0 Å². The largest absolute Gasteiger partial charge is 0.496 e. The Morgan fingerprint density at radius 1 is 1.00 bits per heavy atom. The number of carbonyl (C=O) groups is 1. The molecule has 61 heavy (non-hydrogen) atoms. The number of aromatic amines is 1. The molecule has 3 fully saturated rings. The third-order valence-electron chi connectivity index (χ3n) is 16.2. The normalized spacial score (nSPS) is 37.5. The maximum absolute atomic E-state index is 13.5. The number of aliphatic hydroxyl groups excluding tert-OH is 2. The minimum atomic E-state index is -2.09. The van der Waals surface area contributed by atoms with Crippen LogP contribution in [0.2, 0.25) is 0 Å². The molecule has 13 nitrogen and oxygen atoms in total. The molecule has 14 heteroatoms. The van der Waals surface area contributed by atoms with Crippen LogP contribution in [-0.2, 0) is 36.3 Å². The van der Waals surface area contributed by atoms with Gasteiger partial charge in [-0.15, -0.1) is 11.8 Å². The summed E-state index contributed by atoms with van der Waals surface area (Å²) in [5.41, 5.74) is -0.510. The number of anilines is 1. The number of likely N-dealkylation sites (N-methyl/N-ethyl adjacent to an activating group) is 1. The van der Waals surface area contributed by atoms with Gasteiger partial charge in [0.05, 0.1) is 24.2 Å². The number of H-pyrrole nitrogens is 1. The molecule has 2 aromatic carbocycles. The number of nitrogens with one attached hydrogen (secondary N) is 1. The number of fused-ring (bicyclic) bond motifs is 6. The zero-order valence-electron chi connectivity index (χ0n) is 36.9. The van der Waals surface area contributed by atoms with Crippen molar-refractivity contribution in [2.45, 2.75) is 117 Å². The van der Waals surface area contributed by atoms with Crippen molar-refractivity contribution in [1.29, 1.82) is 0 Å². The van der Waals surface area contributed by atoms with Gasteiger partial charge in [-0.05, 0) is 92.6 Å². The Hall–Kier alpha value is -3.18. The molecular weight excluding hydrogens is 797 g/mol. The topological polar surface area (TPSA) is 160 Å². The number of ether oxygens (including phenoxy) is 4. The van der Waals surface area contributed by atoms with Crippen LogP contribution in [0, 0.1) is 11.3 Å². The van der Waals surface area contributed by atoms with E-state index in [4.69, 9.17) is 18.9 Å². The first-order valence-electron chi connectivity index (χ1n) is 22.0. The molecule has 9 rings (SSSR count). The Kier molecular flexibility index (Phi) is 10.8. The number of thioether (sulfide) groups is 1. The molecule has 1 aliphatic carbocycles. The molecule has 2 saturated heterocycles. The number of carbonyl (C=O) groups excluding carboxylic acids is 1. The Morgan fingerprint density at radius 2 is 1.77 bits per heavy atom. The van der Waals surface area contributed by atoms with E-state index >= 15 is 0 Å². The molecule has 2 bridgehead atoms. The van der Waals surface area contributed by atoms with Crippen molar-refractivity contribution >= 4 is 34.3 Å². The van der Waals surface area contributed by atoms with E-state index in [1.165, 1.54) is 14.0 Å². The SMILES string of the molecule is CC[C@]1(O)C[C@H]2CN(CCc3c([nH]c4ccc(SC)cc34)[C@](c3cc4c(cc3OC)N(C)[C@@H]3[C@]45CCN4CC=C[C@@](CC)([C@@H](OC(C)=O)[C@]3(O)C(O)OC)[C@H]45)(C(O)OC)C2)C1. The standard InChI is InChI=1S/C47H64N4O9S/c1-9-43(55)23-28-24-46(41(53)58-6,37-30(14-18-50(25-28)26-43)31-20-29(61-8)12-13-34(31)48-37)33-21-32-35(22-36(33)57-5)49(4)39-45(32)16-19-51-17-11-15-44(10-2,38(45)51)40(60-27(3)52)47(39,56)42(54)59-7/h11-13,15,20-22,28,38-42,48,53-56H,9-10,14,16-19,23-26H2,1-8H3/t28-,38+,39-,40-,41?,42?,43+,44-,45-,46+,47+/m1/s1. The van der Waals surface area contributed by atoms with E-state index in [2.05, 4.69) is 64.4 Å². The number of aromatic nitrogens is 1. The number of esters is 1. The number of hydrogen-bond donors (Lipinski definition) is 5. The van der Waals surface area contributed by atoms with E-state index in [1.54, 1.807) is 26.0 Å². The number of aliphatic hydroxyl groups is 4. The summed E-state index contributed by atoms with van der Waals surface area (Å²) in [6.07, 6.45) is 5.51. The van der Waals surface area contributed by atoms with Gasteiger partial charge in [0.1, 0.15) is 11.9 Å². The van der Waals surface area contributed by atoms with Crippen LogP contribution in [0.15, 0.2) is 47.4 Å². The maximum Gasteiger partial charge on any atom is 0.303 e. The lowest BCUT2D eigenvalue weighted by Gasteiger charge is -2.65. The van der Waals surface area contributed by atoms with Gasteiger partial charge in [-0.2, -0.15) is 0 Å². The molecule has 332 valence electrons. The summed E-state index contributed by atoms with van der Waals surface area (Å²) in [5, 5.41) is 51.5. The summed E-state index contributed by atoms with van der Waals surface area (Å²) in [5.74, 6) is -0.0479. The highest BCUT2D eigenvalue weighted by molar-refractivity contribution is 7.98. The van der Waals surface area contributed by atoms with Crippen LogP contribution in [0.5, 0.6) is 5.75 Å². The van der Waals surface area contributed by atoms with Crippen molar-refractivity contribution in [3.8, 4) is 5.75 Å². The minimum Gasteiger partial charge on any atom is -0.496 e. The fourth-order valence-corrected chi connectivity index (χ4v) is 14.4. The number of benzene rings is 2. The van der Waals surface area contributed by atoms with Gasteiger partial charge in [0.25, 0.3) is 0 Å². The predicted octanol–water partition coefficient (Wildman–Crippen LogP) is 4.30. The van der Waals surface area contributed by atoms with Crippen molar-refractivity contribution in [1.82, 2.24) is 14.8 Å². The average molecular weight is 861 g/mol. The third kappa shape index (κ3) is 5.85. The fraction of sp³-hybridized carbons (Fsp3) is 0.638. The molecule has 3 aromatic rings. The van der Waals surface area contributed by atoms with Crippen LogP contribution >= 0.6 is 11.8 Å². The highest BCUT2D eigenvalue weighted by Crippen LogP contribution is 2.68. The van der Waals surface area contributed by atoms with Gasteiger partial charge in [0.2, 0.25) is 0 Å². The second-order valence-electron chi connectivity index (χ2n) is 18.9. The summed E-state index contributed by atoms with van der Waals surface area (Å²) in [4.78, 5) is 24.9. The Labute approximate surface area is 363 Å². The van der Waals surface area contributed by atoms with Gasteiger partial charge in [0, 0.05) is 110 Å². The van der Waals surface area contributed by atoms with E-state index in [-0.39, 0.29) is 12.0 Å². The highest BCUT2D eigenvalue weighted by atomic mass is 32.2. The molecule has 6 heterocycles. The van der Waals surface area contributed by atoms with Crippen LogP contribution in [0.3, 0.4) is 0 Å². The van der Waals surface area contributed by atoms with Gasteiger partial charge < -0.3 is 49.3 Å². The Bertz CT molecular complexity index is 2240. The van der Waals surface area contributed by atoms with Crippen molar-refractivity contribution in [2.24, 2.45) is 11.3 Å². The fourth-order valence-electron chi connectivity index (χ4n) is 13.9. The van der Waals surface area contributed by atoms with E-state index in [9.17, 15) is 25.2 Å². The second kappa shape index (κ2) is 15.2. The average Bonchev–Trinajstić information content (AvgIpc) is 3.92. The first kappa shape index (κ1) is 43.1. The molecule has 12 atom stereocenters. The van der Waals surface area contributed by atoms with E-state index in [0.29, 0.717) is 63.9 Å². The molecule has 1 saturated carbocycles. The Balaban J connectivity index is 1.36. The second-order valence-corrected chi connectivity index (χ2v) is 19.8. The molecule has 6 aliphatic rings. The number of piperidine rings is 1. The quantitative estimate of drug-likeness (QED) is 0.0852. The molecule has 1 spiro atoms. The smallest absolute Gasteiger partial charge is 0.303 e. The van der Waals surface area contributed by atoms with Gasteiger partial charge in [0.15, 0.2) is 18.2 Å². The van der Waals surface area contributed by atoms with Crippen LogP contribution in [-0.4, -0.2) is 151 Å². The first-order valence-corrected chi connectivity index (χ1v) is 23.2. The van der Waals surface area contributed by atoms with Gasteiger partial charge >= 0.3 is 5.97 Å². The minimum absolute atomic E-state index is 0.0338. The molecular formula is C47H64N4O9S. The lowest BCUT2D eigenvalue weighted by atomic mass is 9.47. The molecule has 5 aliphatic heterocycles. The summed E-state index contributed by atoms with van der Waals surface area (Å²) < 4.78 is 24.6. The van der Waals surface area contributed by atoms with Gasteiger partial charge in [-0.1, -0.05) is 26.0 Å². The van der Waals surface area contributed by atoms with Crippen molar-refractivity contribution in [3.05, 3.63) is 64.9 Å².